The topological polar surface area (TPSA) is 46.5 Å². The first kappa shape index (κ1) is 9.48. The molecule has 0 aliphatic rings. The maximum atomic E-state index is 10.4. The van der Waals surface area contributed by atoms with Gasteiger partial charge in [-0.3, -0.25) is 4.89 Å². The SMILES string of the molecule is O=C(/C=C/Cc1ccccc1)OO. The van der Waals surface area contributed by atoms with Crippen molar-refractivity contribution in [1.29, 1.82) is 0 Å². The van der Waals surface area contributed by atoms with Crippen LogP contribution in [-0.2, 0) is 16.1 Å². The van der Waals surface area contributed by atoms with Gasteiger partial charge in [0.15, 0.2) is 0 Å². The molecule has 0 amide bonds. The monoisotopic (exact) mass is 178 g/mol. The Hall–Kier alpha value is -1.61. The van der Waals surface area contributed by atoms with Gasteiger partial charge in [0.2, 0.25) is 0 Å². The van der Waals surface area contributed by atoms with Crippen LogP contribution in [0.1, 0.15) is 5.56 Å². The molecule has 3 nitrogen and oxygen atoms in total. The minimum atomic E-state index is -0.754. The van der Waals surface area contributed by atoms with E-state index in [0.29, 0.717) is 6.42 Å². The van der Waals surface area contributed by atoms with E-state index in [1.54, 1.807) is 6.08 Å². The molecule has 13 heavy (non-hydrogen) atoms. The minimum Gasteiger partial charge on any atom is -0.296 e. The van der Waals surface area contributed by atoms with E-state index in [1.165, 1.54) is 6.08 Å². The van der Waals surface area contributed by atoms with Crippen molar-refractivity contribution >= 4 is 5.97 Å². The number of rotatable bonds is 3. The lowest BCUT2D eigenvalue weighted by molar-refractivity contribution is -0.228. The molecule has 0 aliphatic carbocycles. The van der Waals surface area contributed by atoms with Crippen LogP contribution in [0.5, 0.6) is 0 Å². The van der Waals surface area contributed by atoms with Crippen LogP contribution in [-0.4, -0.2) is 11.2 Å². The van der Waals surface area contributed by atoms with Crippen molar-refractivity contribution in [2.24, 2.45) is 0 Å². The molecule has 0 fully saturated rings. The van der Waals surface area contributed by atoms with Crippen molar-refractivity contribution in [3.63, 3.8) is 0 Å². The summed E-state index contributed by atoms with van der Waals surface area (Å²) in [7, 11) is 0. The molecule has 0 bridgehead atoms. The number of carbonyl (C=O) groups is 1. The first-order chi connectivity index (χ1) is 6.33. The molecule has 0 heterocycles. The summed E-state index contributed by atoms with van der Waals surface area (Å²) in [6.07, 6.45) is 3.47. The third-order valence-corrected chi connectivity index (χ3v) is 1.54. The van der Waals surface area contributed by atoms with E-state index in [0.717, 1.165) is 5.56 Å². The van der Waals surface area contributed by atoms with Crippen LogP contribution in [0.15, 0.2) is 42.5 Å². The molecule has 0 aromatic heterocycles. The Labute approximate surface area is 76.2 Å². The van der Waals surface area contributed by atoms with E-state index < -0.39 is 5.97 Å². The third kappa shape index (κ3) is 3.53. The van der Waals surface area contributed by atoms with Crippen LogP contribution < -0.4 is 0 Å². The number of carbonyl (C=O) groups excluding carboxylic acids is 1. The van der Waals surface area contributed by atoms with Crippen molar-refractivity contribution in [2.75, 3.05) is 0 Å². The summed E-state index contributed by atoms with van der Waals surface area (Å²) in [5.41, 5.74) is 1.10. The zero-order valence-corrected chi connectivity index (χ0v) is 7.01. The molecule has 0 atom stereocenters. The van der Waals surface area contributed by atoms with Crippen LogP contribution in [0.2, 0.25) is 0 Å². The van der Waals surface area contributed by atoms with E-state index in [1.807, 2.05) is 30.3 Å². The third-order valence-electron chi connectivity index (χ3n) is 1.54. The molecular weight excluding hydrogens is 168 g/mol. The summed E-state index contributed by atoms with van der Waals surface area (Å²) >= 11 is 0. The van der Waals surface area contributed by atoms with Gasteiger partial charge in [-0.1, -0.05) is 36.4 Å². The first-order valence-electron chi connectivity index (χ1n) is 3.89. The van der Waals surface area contributed by atoms with E-state index in [-0.39, 0.29) is 0 Å². The lowest BCUT2D eigenvalue weighted by Crippen LogP contribution is -1.94. The predicted molar refractivity (Wildman–Crippen MR) is 48.0 cm³/mol. The lowest BCUT2D eigenvalue weighted by atomic mass is 10.1. The van der Waals surface area contributed by atoms with E-state index in [2.05, 4.69) is 4.89 Å². The van der Waals surface area contributed by atoms with Gasteiger partial charge < -0.3 is 0 Å². The summed E-state index contributed by atoms with van der Waals surface area (Å²) in [5, 5.41) is 7.93. The Morgan fingerprint density at radius 3 is 2.69 bits per heavy atom. The standard InChI is InChI=1S/C10H10O3/c11-10(13-12)8-4-7-9-5-2-1-3-6-9/h1-6,8,12H,7H2/b8-4+. The molecule has 0 radical (unpaired) electrons. The summed E-state index contributed by atoms with van der Waals surface area (Å²) in [5.74, 6) is -0.754. The minimum absolute atomic E-state index is 0.649. The van der Waals surface area contributed by atoms with Gasteiger partial charge in [0, 0.05) is 6.08 Å². The molecule has 68 valence electrons. The van der Waals surface area contributed by atoms with Crippen LogP contribution >= 0.6 is 0 Å². The maximum absolute atomic E-state index is 10.4. The first-order valence-corrected chi connectivity index (χ1v) is 3.89. The van der Waals surface area contributed by atoms with Gasteiger partial charge >= 0.3 is 5.97 Å². The largest absolute Gasteiger partial charge is 0.365 e. The number of hydrogen-bond donors (Lipinski definition) is 1. The van der Waals surface area contributed by atoms with Crippen LogP contribution in [0.3, 0.4) is 0 Å². The second-order valence-electron chi connectivity index (χ2n) is 2.50. The van der Waals surface area contributed by atoms with Crippen molar-refractivity contribution in [1.82, 2.24) is 0 Å². The number of hydrogen-bond acceptors (Lipinski definition) is 3. The van der Waals surface area contributed by atoms with Crippen LogP contribution in [0.4, 0.5) is 0 Å². The van der Waals surface area contributed by atoms with Crippen molar-refractivity contribution in [2.45, 2.75) is 6.42 Å². The van der Waals surface area contributed by atoms with Crippen molar-refractivity contribution in [3.05, 3.63) is 48.0 Å². The molecule has 0 unspecified atom stereocenters. The van der Waals surface area contributed by atoms with Crippen molar-refractivity contribution in [3.8, 4) is 0 Å². The van der Waals surface area contributed by atoms with Gasteiger partial charge in [-0.15, -0.1) is 0 Å². The average Bonchev–Trinajstić information content (AvgIpc) is 2.19. The highest BCUT2D eigenvalue weighted by molar-refractivity contribution is 5.81. The second kappa shape index (κ2) is 5.11. The van der Waals surface area contributed by atoms with E-state index in [4.69, 9.17) is 5.26 Å². The smallest absolute Gasteiger partial charge is 0.296 e. The van der Waals surface area contributed by atoms with Crippen molar-refractivity contribution < 1.29 is 14.9 Å². The molecule has 1 aromatic carbocycles. The van der Waals surface area contributed by atoms with Gasteiger partial charge in [0.25, 0.3) is 0 Å². The fourth-order valence-corrected chi connectivity index (χ4v) is 0.936. The molecule has 3 heteroatoms. The summed E-state index contributed by atoms with van der Waals surface area (Å²) in [6, 6.07) is 9.68. The number of benzene rings is 1. The Balaban J connectivity index is 2.44. The Bertz CT molecular complexity index is 290. The highest BCUT2D eigenvalue weighted by Gasteiger charge is 1.92. The molecule has 1 aromatic rings. The van der Waals surface area contributed by atoms with E-state index >= 15 is 0 Å². The zero-order chi connectivity index (χ0) is 9.52. The fourth-order valence-electron chi connectivity index (χ4n) is 0.936. The molecule has 0 spiro atoms. The Morgan fingerprint density at radius 1 is 1.38 bits per heavy atom. The Morgan fingerprint density at radius 2 is 2.08 bits per heavy atom. The van der Waals surface area contributed by atoms with E-state index in [9.17, 15) is 4.79 Å². The highest BCUT2D eigenvalue weighted by Crippen LogP contribution is 1.99. The van der Waals surface area contributed by atoms with Gasteiger partial charge in [-0.25, -0.2) is 4.79 Å². The summed E-state index contributed by atoms with van der Waals surface area (Å²) in [4.78, 5) is 13.9. The lowest BCUT2D eigenvalue weighted by Gasteiger charge is -1.93. The molecule has 0 saturated heterocycles. The molecule has 0 saturated carbocycles. The fraction of sp³-hybridized carbons (Fsp3) is 0.100. The molecule has 0 aliphatic heterocycles. The van der Waals surface area contributed by atoms with Gasteiger partial charge in [-0.2, -0.15) is 5.26 Å². The molecule has 1 N–H and O–H groups in total. The summed E-state index contributed by atoms with van der Waals surface area (Å²) in [6.45, 7) is 0. The molecule has 1 rings (SSSR count). The Kier molecular flexibility index (Phi) is 3.73. The maximum Gasteiger partial charge on any atom is 0.365 e. The average molecular weight is 178 g/mol. The quantitative estimate of drug-likeness (QED) is 0.436. The normalized spacial score (nSPS) is 10.2. The predicted octanol–water partition coefficient (Wildman–Crippen LogP) is 1.80. The molecular formula is C10H10O3. The second-order valence-corrected chi connectivity index (χ2v) is 2.50. The van der Waals surface area contributed by atoms with Gasteiger partial charge in [0.1, 0.15) is 0 Å². The van der Waals surface area contributed by atoms with Gasteiger partial charge in [-0.05, 0) is 12.0 Å². The van der Waals surface area contributed by atoms with Crippen LogP contribution in [0.25, 0.3) is 0 Å². The highest BCUT2D eigenvalue weighted by atomic mass is 17.1. The summed E-state index contributed by atoms with van der Waals surface area (Å²) < 4.78 is 0. The van der Waals surface area contributed by atoms with Gasteiger partial charge in [0.05, 0.1) is 0 Å². The zero-order valence-electron chi connectivity index (χ0n) is 7.01. The van der Waals surface area contributed by atoms with Crippen LogP contribution in [0, 0.1) is 0 Å². The number of allylic oxidation sites excluding steroid dienone is 1.